The molecule has 0 aliphatic carbocycles. The Bertz CT molecular complexity index is 286. The van der Waals surface area contributed by atoms with Gasteiger partial charge in [-0.1, -0.05) is 0 Å². The van der Waals surface area contributed by atoms with Crippen LogP contribution < -0.4 is 0 Å². The van der Waals surface area contributed by atoms with Crippen molar-refractivity contribution in [2.24, 2.45) is 4.99 Å². The average Bonchev–Trinajstić information content (AvgIpc) is 2.34. The molecule has 0 spiro atoms. The Labute approximate surface area is 70.3 Å². The number of hydrogen-bond donors (Lipinski definition) is 1. The molecule has 0 saturated carbocycles. The lowest BCUT2D eigenvalue weighted by Gasteiger charge is -1.87. The molecular formula is C7H8N2OS. The maximum atomic E-state index is 5.00. The summed E-state index contributed by atoms with van der Waals surface area (Å²) in [5.41, 5.74) is 0. The molecule has 1 rings (SSSR count). The molecular weight excluding hydrogens is 160 g/mol. The van der Waals surface area contributed by atoms with Gasteiger partial charge in [-0.05, 0) is 24.6 Å². The number of nitrogens with zero attached hydrogens (tertiary/aromatic N) is 2. The molecule has 0 bridgehead atoms. The fourth-order valence-corrected chi connectivity index (χ4v) is 0.774. The minimum Gasteiger partial charge on any atom is -0.442 e. The van der Waals surface area contributed by atoms with E-state index in [0.29, 0.717) is 11.6 Å². The van der Waals surface area contributed by atoms with Crippen LogP contribution in [0.2, 0.25) is 0 Å². The predicted molar refractivity (Wildman–Crippen MR) is 48.3 cm³/mol. The molecule has 1 heterocycles. The Balaban J connectivity index is 3.03. The largest absolute Gasteiger partial charge is 0.442 e. The van der Waals surface area contributed by atoms with Crippen molar-refractivity contribution in [3.8, 4) is 0 Å². The van der Waals surface area contributed by atoms with E-state index in [0.717, 1.165) is 4.91 Å². The van der Waals surface area contributed by atoms with Crippen molar-refractivity contribution in [1.29, 1.82) is 0 Å². The van der Waals surface area contributed by atoms with Gasteiger partial charge in [-0.3, -0.25) is 0 Å². The number of hydrogen-bond acceptors (Lipinski definition) is 4. The van der Waals surface area contributed by atoms with Crippen molar-refractivity contribution in [2.75, 3.05) is 0 Å². The van der Waals surface area contributed by atoms with Gasteiger partial charge in [0.2, 0.25) is 0 Å². The van der Waals surface area contributed by atoms with Gasteiger partial charge < -0.3 is 4.42 Å². The minimum atomic E-state index is 0.499. The van der Waals surface area contributed by atoms with Crippen LogP contribution in [-0.2, 0) is 0 Å². The van der Waals surface area contributed by atoms with Crippen LogP contribution in [0.3, 0.4) is 0 Å². The Morgan fingerprint density at radius 3 is 3.18 bits per heavy atom. The van der Waals surface area contributed by atoms with Crippen molar-refractivity contribution in [2.45, 2.75) is 6.92 Å². The highest BCUT2D eigenvalue weighted by Crippen LogP contribution is 2.19. The Kier molecular flexibility index (Phi) is 2.48. The minimum absolute atomic E-state index is 0.499. The van der Waals surface area contributed by atoms with E-state index in [9.17, 15) is 0 Å². The molecule has 1 aromatic heterocycles. The van der Waals surface area contributed by atoms with Gasteiger partial charge in [0.05, 0.1) is 0 Å². The highest BCUT2D eigenvalue weighted by Gasteiger charge is 2.01. The lowest BCUT2D eigenvalue weighted by Crippen LogP contribution is -1.67. The van der Waals surface area contributed by atoms with Crippen molar-refractivity contribution in [3.05, 3.63) is 17.1 Å². The summed E-state index contributed by atoms with van der Waals surface area (Å²) in [6.45, 7) is 5.19. The van der Waals surface area contributed by atoms with E-state index < -0.39 is 0 Å². The quantitative estimate of drug-likeness (QED) is 0.543. The second-order valence-corrected chi connectivity index (χ2v) is 2.69. The highest BCUT2D eigenvalue weighted by molar-refractivity contribution is 7.84. The zero-order chi connectivity index (χ0) is 8.27. The Morgan fingerprint density at radius 2 is 2.64 bits per heavy atom. The summed E-state index contributed by atoms with van der Waals surface area (Å²) in [4.78, 5) is 8.30. The molecule has 4 heteroatoms. The van der Waals surface area contributed by atoms with E-state index in [2.05, 4.69) is 29.3 Å². The van der Waals surface area contributed by atoms with E-state index in [1.54, 1.807) is 6.08 Å². The molecule has 0 fully saturated rings. The fourth-order valence-electron chi connectivity index (χ4n) is 0.656. The van der Waals surface area contributed by atoms with E-state index in [-0.39, 0.29) is 0 Å². The van der Waals surface area contributed by atoms with Gasteiger partial charge in [0.1, 0.15) is 0 Å². The summed E-state index contributed by atoms with van der Waals surface area (Å²) < 4.78 is 5.00. The highest BCUT2D eigenvalue weighted by atomic mass is 32.1. The van der Waals surface area contributed by atoms with Crippen LogP contribution in [-0.4, -0.2) is 11.7 Å². The maximum Gasteiger partial charge on any atom is 0.197 e. The summed E-state index contributed by atoms with van der Waals surface area (Å²) in [5, 5.41) is 0. The SMILES string of the molecule is C=Nc1ncoc1/C=C(\C)S. The smallest absolute Gasteiger partial charge is 0.197 e. The third kappa shape index (κ3) is 1.94. The molecule has 0 atom stereocenters. The number of oxazole rings is 1. The molecule has 0 aromatic carbocycles. The van der Waals surface area contributed by atoms with E-state index in [4.69, 9.17) is 4.42 Å². The summed E-state index contributed by atoms with van der Waals surface area (Å²) in [7, 11) is 0. The summed E-state index contributed by atoms with van der Waals surface area (Å²) in [6.07, 6.45) is 3.06. The first-order valence-corrected chi connectivity index (χ1v) is 3.46. The molecule has 3 nitrogen and oxygen atoms in total. The summed E-state index contributed by atoms with van der Waals surface area (Å²) in [6, 6.07) is 0. The van der Waals surface area contributed by atoms with Crippen LogP contribution in [0.1, 0.15) is 12.7 Å². The monoisotopic (exact) mass is 168 g/mol. The van der Waals surface area contributed by atoms with Gasteiger partial charge in [-0.25, -0.2) is 4.99 Å². The number of allylic oxidation sites excluding steroid dienone is 1. The molecule has 0 radical (unpaired) electrons. The number of thiol groups is 1. The van der Waals surface area contributed by atoms with Gasteiger partial charge in [0.15, 0.2) is 18.0 Å². The third-order valence-electron chi connectivity index (χ3n) is 1.06. The molecule has 0 amide bonds. The van der Waals surface area contributed by atoms with E-state index >= 15 is 0 Å². The van der Waals surface area contributed by atoms with E-state index in [1.807, 2.05) is 6.92 Å². The van der Waals surface area contributed by atoms with Gasteiger partial charge in [0, 0.05) is 0 Å². The molecule has 1 aromatic rings. The first kappa shape index (κ1) is 8.07. The van der Waals surface area contributed by atoms with Crippen LogP contribution >= 0.6 is 12.6 Å². The van der Waals surface area contributed by atoms with Crippen LogP contribution in [0.4, 0.5) is 5.82 Å². The normalized spacial score (nSPS) is 11.6. The Morgan fingerprint density at radius 1 is 1.91 bits per heavy atom. The van der Waals surface area contributed by atoms with Crippen LogP contribution in [0.25, 0.3) is 6.08 Å². The van der Waals surface area contributed by atoms with Gasteiger partial charge in [0.25, 0.3) is 0 Å². The summed E-state index contributed by atoms with van der Waals surface area (Å²) >= 11 is 4.08. The van der Waals surface area contributed by atoms with E-state index in [1.165, 1.54) is 6.39 Å². The maximum absolute atomic E-state index is 5.00. The zero-order valence-corrected chi connectivity index (χ0v) is 7.01. The van der Waals surface area contributed by atoms with Crippen molar-refractivity contribution in [1.82, 2.24) is 4.98 Å². The van der Waals surface area contributed by atoms with Gasteiger partial charge in [-0.2, -0.15) is 4.98 Å². The molecule has 0 aliphatic heterocycles. The van der Waals surface area contributed by atoms with Crippen molar-refractivity contribution in [3.63, 3.8) is 0 Å². The lowest BCUT2D eigenvalue weighted by atomic mass is 10.4. The Hall–Kier alpha value is -1.03. The van der Waals surface area contributed by atoms with Gasteiger partial charge in [-0.15, -0.1) is 12.6 Å². The first-order chi connectivity index (χ1) is 5.24. The zero-order valence-electron chi connectivity index (χ0n) is 6.11. The molecule has 0 saturated heterocycles. The molecule has 58 valence electrons. The topological polar surface area (TPSA) is 38.4 Å². The fraction of sp³-hybridized carbons (Fsp3) is 0.143. The second kappa shape index (κ2) is 3.39. The number of aromatic nitrogens is 1. The van der Waals surface area contributed by atoms with Gasteiger partial charge >= 0.3 is 0 Å². The standard InChI is InChI=1S/C7H8N2OS/c1-5(11)3-6-7(8-2)9-4-10-6/h3-4,11H,2H2,1H3/b5-3+. The lowest BCUT2D eigenvalue weighted by molar-refractivity contribution is 0.548. The molecule has 0 aliphatic rings. The number of rotatable bonds is 2. The second-order valence-electron chi connectivity index (χ2n) is 1.98. The van der Waals surface area contributed by atoms with Crippen molar-refractivity contribution < 1.29 is 4.42 Å². The predicted octanol–water partition coefficient (Wildman–Crippen LogP) is 2.30. The molecule has 0 unspecified atom stereocenters. The molecule has 0 N–H and O–H groups in total. The third-order valence-corrected chi connectivity index (χ3v) is 1.19. The molecule has 11 heavy (non-hydrogen) atoms. The van der Waals surface area contributed by atoms with Crippen molar-refractivity contribution >= 4 is 31.2 Å². The average molecular weight is 168 g/mol. The van der Waals surface area contributed by atoms with Crippen LogP contribution in [0.5, 0.6) is 0 Å². The van der Waals surface area contributed by atoms with Crippen LogP contribution in [0, 0.1) is 0 Å². The summed E-state index contributed by atoms with van der Waals surface area (Å²) in [5.74, 6) is 1.09. The first-order valence-electron chi connectivity index (χ1n) is 3.01. The number of aliphatic imine (C=N–C) groups is 1. The van der Waals surface area contributed by atoms with Crippen LogP contribution in [0.15, 0.2) is 20.7 Å².